The molecular weight excluding hydrogens is 351 g/mol. The lowest BCUT2D eigenvalue weighted by atomic mass is 10.0. The lowest BCUT2D eigenvalue weighted by molar-refractivity contribution is -0.137. The van der Waals surface area contributed by atoms with E-state index in [0.717, 1.165) is 22.8 Å². The van der Waals surface area contributed by atoms with Gasteiger partial charge in [0.05, 0.1) is 24.5 Å². The lowest BCUT2D eigenvalue weighted by Crippen LogP contribution is -2.28. The Balaban J connectivity index is 1.91. The van der Waals surface area contributed by atoms with E-state index < -0.39 is 17.8 Å². The van der Waals surface area contributed by atoms with Gasteiger partial charge in [0.1, 0.15) is 5.75 Å². The number of amides is 1. The first kappa shape index (κ1) is 19.2. The molecule has 0 aromatic heterocycles. The van der Waals surface area contributed by atoms with Gasteiger partial charge in [-0.2, -0.15) is 13.2 Å². The molecule has 2 rings (SSSR count). The molecule has 25 heavy (non-hydrogen) atoms. The molecule has 0 fully saturated rings. The zero-order valence-corrected chi connectivity index (χ0v) is 14.6. The molecule has 2 aromatic carbocycles. The smallest absolute Gasteiger partial charge is 0.416 e. The Hall–Kier alpha value is -2.15. The van der Waals surface area contributed by atoms with E-state index in [2.05, 4.69) is 5.32 Å². The Labute approximate surface area is 148 Å². The maximum atomic E-state index is 12.8. The van der Waals surface area contributed by atoms with Crippen LogP contribution in [0.1, 0.15) is 24.1 Å². The van der Waals surface area contributed by atoms with Crippen molar-refractivity contribution in [1.29, 1.82) is 0 Å². The summed E-state index contributed by atoms with van der Waals surface area (Å²) in [6.45, 7) is 1.66. The minimum absolute atomic E-state index is 0.176. The Bertz CT molecular complexity index is 717. The molecule has 3 nitrogen and oxygen atoms in total. The minimum atomic E-state index is -4.40. The number of benzene rings is 2. The van der Waals surface area contributed by atoms with E-state index in [1.807, 2.05) is 12.1 Å². The molecule has 0 aliphatic heterocycles. The van der Waals surface area contributed by atoms with Gasteiger partial charge in [-0.25, -0.2) is 0 Å². The minimum Gasteiger partial charge on any atom is -0.497 e. The fourth-order valence-corrected chi connectivity index (χ4v) is 2.88. The van der Waals surface area contributed by atoms with Crippen LogP contribution < -0.4 is 10.1 Å². The van der Waals surface area contributed by atoms with Gasteiger partial charge >= 0.3 is 6.18 Å². The van der Waals surface area contributed by atoms with Crippen LogP contribution in [0.4, 0.5) is 13.2 Å². The van der Waals surface area contributed by atoms with E-state index in [0.29, 0.717) is 5.56 Å². The number of hydrogen-bond acceptors (Lipinski definition) is 3. The molecule has 2 aromatic rings. The number of ether oxygens (including phenoxy) is 1. The van der Waals surface area contributed by atoms with E-state index in [9.17, 15) is 18.0 Å². The third kappa shape index (κ3) is 5.70. The number of methoxy groups -OCH3 is 1. The largest absolute Gasteiger partial charge is 0.497 e. The number of nitrogens with one attached hydrogen (secondary N) is 1. The SMILES string of the molecule is COc1ccc(SCC(=O)NC(C)c2cccc(C(F)(F)F)c2)cc1. The van der Waals surface area contributed by atoms with E-state index >= 15 is 0 Å². The Morgan fingerprint density at radius 2 is 1.88 bits per heavy atom. The van der Waals surface area contributed by atoms with Crippen LogP contribution in [0, 0.1) is 0 Å². The van der Waals surface area contributed by atoms with Gasteiger partial charge in [0.2, 0.25) is 5.91 Å². The summed E-state index contributed by atoms with van der Waals surface area (Å²) in [4.78, 5) is 12.9. The number of carbonyl (C=O) groups excluding carboxylic acids is 1. The molecule has 1 N–H and O–H groups in total. The monoisotopic (exact) mass is 369 g/mol. The molecular formula is C18H18F3NO2S. The van der Waals surface area contributed by atoms with Crippen LogP contribution in [0.2, 0.25) is 0 Å². The number of halogens is 3. The van der Waals surface area contributed by atoms with Crippen molar-refractivity contribution in [3.05, 3.63) is 59.7 Å². The lowest BCUT2D eigenvalue weighted by Gasteiger charge is -2.16. The fraction of sp³-hybridized carbons (Fsp3) is 0.278. The fourth-order valence-electron chi connectivity index (χ4n) is 2.17. The van der Waals surface area contributed by atoms with Crippen molar-refractivity contribution >= 4 is 17.7 Å². The molecule has 1 unspecified atom stereocenters. The first-order valence-corrected chi connectivity index (χ1v) is 8.51. The second-order valence-electron chi connectivity index (χ2n) is 5.38. The Kier molecular flexibility index (Phi) is 6.36. The molecule has 0 spiro atoms. The predicted octanol–water partition coefficient (Wildman–Crippen LogP) is 4.68. The van der Waals surface area contributed by atoms with Crippen LogP contribution in [-0.4, -0.2) is 18.8 Å². The number of carbonyl (C=O) groups is 1. The first-order chi connectivity index (χ1) is 11.8. The van der Waals surface area contributed by atoms with Crippen molar-refractivity contribution in [3.63, 3.8) is 0 Å². The number of thioether (sulfide) groups is 1. The standard InChI is InChI=1S/C18H18F3NO2S/c1-12(13-4-3-5-14(10-13)18(19,20)21)22-17(23)11-25-16-8-6-15(24-2)7-9-16/h3-10,12H,11H2,1-2H3,(H,22,23). The third-order valence-corrected chi connectivity index (χ3v) is 4.53. The maximum absolute atomic E-state index is 12.8. The molecule has 1 atom stereocenters. The Morgan fingerprint density at radius 3 is 2.48 bits per heavy atom. The average Bonchev–Trinajstić information content (AvgIpc) is 2.59. The van der Waals surface area contributed by atoms with E-state index in [1.54, 1.807) is 32.2 Å². The summed E-state index contributed by atoms with van der Waals surface area (Å²) in [6.07, 6.45) is -4.40. The topological polar surface area (TPSA) is 38.3 Å². The third-order valence-electron chi connectivity index (χ3n) is 3.52. The van der Waals surface area contributed by atoms with Crippen molar-refractivity contribution in [1.82, 2.24) is 5.32 Å². The van der Waals surface area contributed by atoms with Gasteiger partial charge in [-0.15, -0.1) is 11.8 Å². The van der Waals surface area contributed by atoms with Crippen molar-refractivity contribution in [2.75, 3.05) is 12.9 Å². The zero-order valence-electron chi connectivity index (χ0n) is 13.8. The van der Waals surface area contributed by atoms with Crippen LogP contribution in [0.5, 0.6) is 5.75 Å². The molecule has 0 heterocycles. The van der Waals surface area contributed by atoms with Gasteiger partial charge in [-0.3, -0.25) is 4.79 Å². The van der Waals surface area contributed by atoms with Crippen LogP contribution in [-0.2, 0) is 11.0 Å². The quantitative estimate of drug-likeness (QED) is 0.751. The molecule has 0 aliphatic carbocycles. The summed E-state index contributed by atoms with van der Waals surface area (Å²) in [5.74, 6) is 0.660. The molecule has 7 heteroatoms. The second kappa shape index (κ2) is 8.29. The molecule has 0 bridgehead atoms. The highest BCUT2D eigenvalue weighted by molar-refractivity contribution is 8.00. The van der Waals surface area contributed by atoms with E-state index in [-0.39, 0.29) is 11.7 Å². The second-order valence-corrected chi connectivity index (χ2v) is 6.43. The van der Waals surface area contributed by atoms with Gasteiger partial charge in [-0.05, 0) is 48.9 Å². The van der Waals surface area contributed by atoms with E-state index in [4.69, 9.17) is 4.74 Å². The summed E-state index contributed by atoms with van der Waals surface area (Å²) < 4.78 is 43.3. The highest BCUT2D eigenvalue weighted by Crippen LogP contribution is 2.30. The average molecular weight is 369 g/mol. The van der Waals surface area contributed by atoms with Crippen LogP contribution in [0.15, 0.2) is 53.4 Å². The van der Waals surface area contributed by atoms with Crippen molar-refractivity contribution in [3.8, 4) is 5.75 Å². The van der Waals surface area contributed by atoms with Gasteiger partial charge in [0.15, 0.2) is 0 Å². The van der Waals surface area contributed by atoms with Crippen molar-refractivity contribution in [2.45, 2.75) is 24.0 Å². The Morgan fingerprint density at radius 1 is 1.20 bits per heavy atom. The summed E-state index contributed by atoms with van der Waals surface area (Å²) >= 11 is 1.34. The van der Waals surface area contributed by atoms with Crippen molar-refractivity contribution < 1.29 is 22.7 Å². The molecule has 0 saturated carbocycles. The summed E-state index contributed by atoms with van der Waals surface area (Å²) in [5, 5.41) is 2.72. The van der Waals surface area contributed by atoms with Crippen LogP contribution >= 0.6 is 11.8 Å². The number of hydrogen-bond donors (Lipinski definition) is 1. The number of rotatable bonds is 6. The number of alkyl halides is 3. The first-order valence-electron chi connectivity index (χ1n) is 7.53. The van der Waals surface area contributed by atoms with Gasteiger partial charge in [0.25, 0.3) is 0 Å². The highest BCUT2D eigenvalue weighted by atomic mass is 32.2. The zero-order chi connectivity index (χ0) is 18.4. The highest BCUT2D eigenvalue weighted by Gasteiger charge is 2.30. The van der Waals surface area contributed by atoms with Gasteiger partial charge < -0.3 is 10.1 Å². The van der Waals surface area contributed by atoms with Crippen LogP contribution in [0.25, 0.3) is 0 Å². The summed E-state index contributed by atoms with van der Waals surface area (Å²) in [6, 6.07) is 11.7. The predicted molar refractivity (Wildman–Crippen MR) is 91.7 cm³/mol. The van der Waals surface area contributed by atoms with Crippen LogP contribution in [0.3, 0.4) is 0 Å². The normalized spacial score (nSPS) is 12.5. The van der Waals surface area contributed by atoms with Crippen molar-refractivity contribution in [2.24, 2.45) is 0 Å². The molecule has 0 radical (unpaired) electrons. The van der Waals surface area contributed by atoms with Gasteiger partial charge in [-0.1, -0.05) is 12.1 Å². The molecule has 1 amide bonds. The summed E-state index contributed by atoms with van der Waals surface area (Å²) in [5.41, 5.74) is -0.309. The van der Waals surface area contributed by atoms with Gasteiger partial charge in [0, 0.05) is 4.90 Å². The molecule has 134 valence electrons. The van der Waals surface area contributed by atoms with E-state index in [1.165, 1.54) is 17.8 Å². The summed E-state index contributed by atoms with van der Waals surface area (Å²) in [7, 11) is 1.57. The maximum Gasteiger partial charge on any atom is 0.416 e. The molecule has 0 aliphatic rings. The molecule has 0 saturated heterocycles.